The minimum absolute atomic E-state index is 0.0617. The Morgan fingerprint density at radius 3 is 2.85 bits per heavy atom. The Morgan fingerprint density at radius 1 is 1.23 bits per heavy atom. The first-order chi connectivity index (χ1) is 12.6. The van der Waals surface area contributed by atoms with Crippen molar-refractivity contribution < 1.29 is 13.6 Å². The lowest BCUT2D eigenvalue weighted by molar-refractivity contribution is 0.0710. The number of hydrogen-bond acceptors (Lipinski definition) is 3. The molecular weight excluding hydrogens is 333 g/mol. The van der Waals surface area contributed by atoms with Crippen LogP contribution in [0.15, 0.2) is 47.1 Å². The summed E-state index contributed by atoms with van der Waals surface area (Å²) in [7, 11) is 1.93. The van der Waals surface area contributed by atoms with Gasteiger partial charge in [-0.15, -0.1) is 0 Å². The minimum atomic E-state index is -0.520. The molecule has 1 aromatic carbocycles. The van der Waals surface area contributed by atoms with Crippen molar-refractivity contribution in [2.75, 3.05) is 0 Å². The Morgan fingerprint density at radius 2 is 2.08 bits per heavy atom. The van der Waals surface area contributed by atoms with Crippen molar-refractivity contribution in [3.63, 3.8) is 0 Å². The largest absolute Gasteiger partial charge is 0.467 e. The first-order valence-electron chi connectivity index (χ1n) is 8.73. The molecule has 2 heterocycles. The van der Waals surface area contributed by atoms with Crippen LogP contribution in [0.3, 0.4) is 0 Å². The van der Waals surface area contributed by atoms with Crippen molar-refractivity contribution in [1.29, 1.82) is 0 Å². The van der Waals surface area contributed by atoms with Crippen LogP contribution < -0.4 is 0 Å². The molecule has 0 spiro atoms. The summed E-state index contributed by atoms with van der Waals surface area (Å²) in [6, 6.07) is 9.64. The first-order valence-corrected chi connectivity index (χ1v) is 8.73. The Bertz CT molecular complexity index is 931. The van der Waals surface area contributed by atoms with E-state index >= 15 is 0 Å². The normalized spacial score (nSPS) is 13.0. The van der Waals surface area contributed by atoms with Gasteiger partial charge in [0.05, 0.1) is 30.6 Å². The smallest absolute Gasteiger partial charge is 0.257 e. The number of carbonyl (C=O) groups excluding carboxylic acids is 1. The van der Waals surface area contributed by atoms with Crippen molar-refractivity contribution in [2.24, 2.45) is 7.05 Å². The zero-order chi connectivity index (χ0) is 18.1. The predicted molar refractivity (Wildman–Crippen MR) is 93.9 cm³/mol. The van der Waals surface area contributed by atoms with Crippen LogP contribution in [0.4, 0.5) is 4.39 Å². The molecule has 0 radical (unpaired) electrons. The fourth-order valence-corrected chi connectivity index (χ4v) is 3.60. The number of benzene rings is 1. The molecule has 1 amide bonds. The van der Waals surface area contributed by atoms with E-state index in [1.54, 1.807) is 29.4 Å². The number of hydrogen-bond donors (Lipinski definition) is 0. The van der Waals surface area contributed by atoms with Gasteiger partial charge in [-0.1, -0.05) is 12.1 Å². The number of halogens is 1. The third-order valence-electron chi connectivity index (χ3n) is 4.86. The lowest BCUT2D eigenvalue weighted by Gasteiger charge is -2.21. The fraction of sp³-hybridized carbons (Fsp3) is 0.300. The van der Waals surface area contributed by atoms with Gasteiger partial charge >= 0.3 is 0 Å². The molecule has 5 nitrogen and oxygen atoms in total. The zero-order valence-corrected chi connectivity index (χ0v) is 14.6. The van der Waals surface area contributed by atoms with Crippen LogP contribution in [0.2, 0.25) is 0 Å². The molecule has 0 saturated heterocycles. The molecule has 1 aliphatic rings. The van der Waals surface area contributed by atoms with E-state index in [0.717, 1.165) is 25.0 Å². The van der Waals surface area contributed by atoms with E-state index in [2.05, 4.69) is 5.10 Å². The van der Waals surface area contributed by atoms with Crippen molar-refractivity contribution in [3.8, 4) is 0 Å². The maximum Gasteiger partial charge on any atom is 0.257 e. The summed E-state index contributed by atoms with van der Waals surface area (Å²) < 4.78 is 21.5. The topological polar surface area (TPSA) is 51.3 Å². The molecule has 1 aliphatic carbocycles. The van der Waals surface area contributed by atoms with Gasteiger partial charge in [0.25, 0.3) is 5.91 Å². The van der Waals surface area contributed by atoms with Crippen LogP contribution in [0.25, 0.3) is 0 Å². The lowest BCUT2D eigenvalue weighted by Crippen LogP contribution is -2.31. The molecule has 134 valence electrons. The molecule has 0 aliphatic heterocycles. The van der Waals surface area contributed by atoms with Crippen LogP contribution in [0, 0.1) is 5.82 Å². The van der Waals surface area contributed by atoms with E-state index in [4.69, 9.17) is 4.42 Å². The number of rotatable bonds is 5. The number of furan rings is 1. The van der Waals surface area contributed by atoms with Gasteiger partial charge in [0.2, 0.25) is 0 Å². The molecular formula is C20H20FN3O2. The molecule has 6 heteroatoms. The number of nitrogens with zero attached hydrogens (tertiary/aromatic N) is 3. The number of fused-ring (bicyclic) bond motifs is 1. The average Bonchev–Trinajstić information content (AvgIpc) is 3.35. The summed E-state index contributed by atoms with van der Waals surface area (Å²) in [5, 5.41) is 4.60. The van der Waals surface area contributed by atoms with Crippen LogP contribution in [0.5, 0.6) is 0 Å². The van der Waals surface area contributed by atoms with Crippen LogP contribution >= 0.6 is 0 Å². The molecule has 0 fully saturated rings. The van der Waals surface area contributed by atoms with E-state index in [1.165, 1.54) is 23.4 Å². The van der Waals surface area contributed by atoms with Gasteiger partial charge in [-0.2, -0.15) is 5.10 Å². The van der Waals surface area contributed by atoms with Gasteiger partial charge < -0.3 is 9.32 Å². The Labute approximate surface area is 151 Å². The quantitative estimate of drug-likeness (QED) is 0.706. The van der Waals surface area contributed by atoms with Crippen molar-refractivity contribution >= 4 is 5.91 Å². The summed E-state index contributed by atoms with van der Waals surface area (Å²) in [6.07, 6.45) is 4.66. The highest BCUT2D eigenvalue weighted by Gasteiger charge is 2.26. The number of carbonyl (C=O) groups is 1. The Balaban J connectivity index is 1.66. The maximum absolute atomic E-state index is 14.2. The number of aryl methyl sites for hydroxylation is 1. The minimum Gasteiger partial charge on any atom is -0.467 e. The van der Waals surface area contributed by atoms with Gasteiger partial charge in [-0.3, -0.25) is 9.48 Å². The first kappa shape index (κ1) is 16.6. The van der Waals surface area contributed by atoms with E-state index in [1.807, 2.05) is 17.8 Å². The van der Waals surface area contributed by atoms with E-state index < -0.39 is 5.82 Å². The second kappa shape index (κ2) is 6.78. The highest BCUT2D eigenvalue weighted by atomic mass is 19.1. The van der Waals surface area contributed by atoms with Crippen LogP contribution in [-0.4, -0.2) is 20.6 Å². The molecule has 4 rings (SSSR count). The highest BCUT2D eigenvalue weighted by molar-refractivity contribution is 5.94. The molecule has 0 unspecified atom stereocenters. The monoisotopic (exact) mass is 353 g/mol. The molecule has 0 bridgehead atoms. The average molecular weight is 353 g/mol. The zero-order valence-electron chi connectivity index (χ0n) is 14.6. The van der Waals surface area contributed by atoms with Crippen molar-refractivity contribution in [1.82, 2.24) is 14.7 Å². The number of amides is 1. The van der Waals surface area contributed by atoms with Crippen molar-refractivity contribution in [3.05, 3.63) is 76.8 Å². The lowest BCUT2D eigenvalue weighted by atomic mass is 10.1. The summed E-state index contributed by atoms with van der Waals surface area (Å²) in [6.45, 7) is 0.600. The van der Waals surface area contributed by atoms with Gasteiger partial charge in [0.1, 0.15) is 11.6 Å². The molecule has 0 saturated carbocycles. The maximum atomic E-state index is 14.2. The summed E-state index contributed by atoms with van der Waals surface area (Å²) in [5.41, 5.74) is 3.40. The fourth-order valence-electron chi connectivity index (χ4n) is 3.60. The van der Waals surface area contributed by atoms with Crippen LogP contribution in [-0.2, 0) is 33.0 Å². The predicted octanol–water partition coefficient (Wildman–Crippen LogP) is 3.48. The van der Waals surface area contributed by atoms with Crippen molar-refractivity contribution in [2.45, 2.75) is 32.4 Å². The van der Waals surface area contributed by atoms with Gasteiger partial charge in [-0.25, -0.2) is 4.39 Å². The Hall–Kier alpha value is -2.89. The van der Waals surface area contributed by atoms with E-state index in [-0.39, 0.29) is 18.0 Å². The Kier molecular flexibility index (Phi) is 4.32. The highest BCUT2D eigenvalue weighted by Crippen LogP contribution is 2.26. The number of aromatic nitrogens is 2. The van der Waals surface area contributed by atoms with E-state index in [9.17, 15) is 9.18 Å². The SMILES string of the molecule is Cn1nc(CN(Cc2ccco2)C(=O)c2ccccc2F)c2c1CCC2. The van der Waals surface area contributed by atoms with Gasteiger partial charge in [0.15, 0.2) is 0 Å². The molecule has 0 atom stereocenters. The standard InChI is InChI=1S/C20H20FN3O2/c1-23-19-10-4-8-16(19)18(22-23)13-24(12-14-6-5-11-26-14)20(25)15-7-2-3-9-17(15)21/h2-3,5-7,9,11H,4,8,10,12-13H2,1H3. The summed E-state index contributed by atoms with van der Waals surface area (Å²) in [4.78, 5) is 14.6. The molecule has 2 aromatic heterocycles. The molecule has 3 aromatic rings. The second-order valence-electron chi connectivity index (χ2n) is 6.57. The van der Waals surface area contributed by atoms with E-state index in [0.29, 0.717) is 12.3 Å². The van der Waals surface area contributed by atoms with Crippen LogP contribution in [0.1, 0.15) is 39.5 Å². The van der Waals surface area contributed by atoms with Gasteiger partial charge in [0, 0.05) is 12.7 Å². The second-order valence-corrected chi connectivity index (χ2v) is 6.57. The molecule has 0 N–H and O–H groups in total. The third-order valence-corrected chi connectivity index (χ3v) is 4.86. The third kappa shape index (κ3) is 3.03. The molecule has 26 heavy (non-hydrogen) atoms. The van der Waals surface area contributed by atoms with Gasteiger partial charge in [-0.05, 0) is 49.1 Å². The summed E-state index contributed by atoms with van der Waals surface area (Å²) >= 11 is 0. The summed E-state index contributed by atoms with van der Waals surface area (Å²) in [5.74, 6) is -0.229.